The summed E-state index contributed by atoms with van der Waals surface area (Å²) in [5.41, 5.74) is 1.18. The van der Waals surface area contributed by atoms with Crippen LogP contribution in [0.2, 0.25) is 0 Å². The van der Waals surface area contributed by atoms with Gasteiger partial charge in [0.05, 0.1) is 45.3 Å². The molecule has 1 N–H and O–H groups in total. The van der Waals surface area contributed by atoms with Crippen LogP contribution in [0.25, 0.3) is 0 Å². The summed E-state index contributed by atoms with van der Waals surface area (Å²) in [6.07, 6.45) is 1.82. The van der Waals surface area contributed by atoms with E-state index < -0.39 is 0 Å². The molecular formula is C14H27N3O3. The summed E-state index contributed by atoms with van der Waals surface area (Å²) in [6.45, 7) is 8.95. The van der Waals surface area contributed by atoms with Gasteiger partial charge in [-0.2, -0.15) is 5.10 Å². The molecule has 0 aliphatic heterocycles. The van der Waals surface area contributed by atoms with E-state index in [0.717, 1.165) is 13.1 Å². The summed E-state index contributed by atoms with van der Waals surface area (Å²) in [4.78, 5) is 0. The molecule has 0 amide bonds. The molecule has 0 spiro atoms. The lowest BCUT2D eigenvalue weighted by Crippen LogP contribution is -2.24. The maximum Gasteiger partial charge on any atom is 0.0701 e. The smallest absolute Gasteiger partial charge is 0.0701 e. The molecule has 6 heteroatoms. The zero-order chi connectivity index (χ0) is 14.6. The predicted molar refractivity (Wildman–Crippen MR) is 77.7 cm³/mol. The predicted octanol–water partition coefficient (Wildman–Crippen LogP) is 1.06. The van der Waals surface area contributed by atoms with E-state index in [1.54, 1.807) is 7.11 Å². The van der Waals surface area contributed by atoms with Crippen molar-refractivity contribution in [1.82, 2.24) is 15.1 Å². The van der Waals surface area contributed by atoms with Crippen LogP contribution in [0.1, 0.15) is 19.5 Å². The van der Waals surface area contributed by atoms with Gasteiger partial charge >= 0.3 is 0 Å². The van der Waals surface area contributed by atoms with Crippen molar-refractivity contribution in [3.63, 3.8) is 0 Å². The molecule has 0 unspecified atom stereocenters. The van der Waals surface area contributed by atoms with E-state index in [2.05, 4.69) is 24.3 Å². The van der Waals surface area contributed by atoms with Crippen LogP contribution in [0.4, 0.5) is 0 Å². The third kappa shape index (κ3) is 7.59. The molecule has 0 saturated carbocycles. The molecule has 0 aliphatic rings. The topological polar surface area (TPSA) is 57.5 Å². The summed E-state index contributed by atoms with van der Waals surface area (Å²) in [5, 5.41) is 7.69. The maximum atomic E-state index is 5.52. The van der Waals surface area contributed by atoms with Gasteiger partial charge in [-0.3, -0.25) is 4.68 Å². The van der Waals surface area contributed by atoms with E-state index >= 15 is 0 Å². The lowest BCUT2D eigenvalue weighted by atomic mass is 10.3. The van der Waals surface area contributed by atoms with E-state index in [0.29, 0.717) is 39.1 Å². The minimum Gasteiger partial charge on any atom is -0.382 e. The first-order valence-corrected chi connectivity index (χ1v) is 7.12. The summed E-state index contributed by atoms with van der Waals surface area (Å²) < 4.78 is 17.7. The molecule has 6 nitrogen and oxygen atoms in total. The fourth-order valence-corrected chi connectivity index (χ4v) is 1.64. The van der Waals surface area contributed by atoms with Crippen LogP contribution in [-0.4, -0.2) is 56.0 Å². The number of ether oxygens (including phenoxy) is 3. The van der Waals surface area contributed by atoms with Crippen LogP contribution in [0.3, 0.4) is 0 Å². The Bertz CT molecular complexity index is 342. The second-order valence-corrected chi connectivity index (χ2v) is 4.80. The first kappa shape index (κ1) is 17.1. The summed E-state index contributed by atoms with van der Waals surface area (Å²) >= 11 is 0. The molecule has 0 atom stereocenters. The molecule has 1 aromatic rings. The van der Waals surface area contributed by atoms with Gasteiger partial charge in [0.2, 0.25) is 0 Å². The number of hydrogen-bond acceptors (Lipinski definition) is 5. The Hall–Kier alpha value is -0.950. The molecular weight excluding hydrogens is 258 g/mol. The van der Waals surface area contributed by atoms with Crippen LogP contribution in [0.5, 0.6) is 0 Å². The average Bonchev–Trinajstić information content (AvgIpc) is 2.87. The minimum absolute atomic E-state index is 0.471. The number of rotatable bonds is 12. The van der Waals surface area contributed by atoms with Gasteiger partial charge in [-0.15, -0.1) is 0 Å². The van der Waals surface area contributed by atoms with Gasteiger partial charge in [0, 0.05) is 25.9 Å². The Morgan fingerprint density at radius 3 is 2.55 bits per heavy atom. The fraction of sp³-hybridized carbons (Fsp3) is 0.786. The lowest BCUT2D eigenvalue weighted by molar-refractivity contribution is 0.0224. The Balaban J connectivity index is 2.08. The molecule has 0 radical (unpaired) electrons. The molecule has 1 aromatic heterocycles. The van der Waals surface area contributed by atoms with Crippen molar-refractivity contribution in [2.45, 2.75) is 33.0 Å². The molecule has 0 aromatic carbocycles. The Labute approximate surface area is 121 Å². The number of nitrogens with zero attached hydrogens (tertiary/aromatic N) is 2. The van der Waals surface area contributed by atoms with Crippen molar-refractivity contribution < 1.29 is 14.2 Å². The van der Waals surface area contributed by atoms with E-state index in [-0.39, 0.29) is 0 Å². The molecule has 1 rings (SSSR count). The van der Waals surface area contributed by atoms with Crippen LogP contribution < -0.4 is 5.32 Å². The summed E-state index contributed by atoms with van der Waals surface area (Å²) in [7, 11) is 1.66. The monoisotopic (exact) mass is 285 g/mol. The highest BCUT2D eigenvalue weighted by atomic mass is 16.5. The zero-order valence-corrected chi connectivity index (χ0v) is 12.8. The average molecular weight is 285 g/mol. The summed E-state index contributed by atoms with van der Waals surface area (Å²) in [5.74, 6) is 0. The number of aromatic nitrogens is 2. The maximum absolute atomic E-state index is 5.52. The molecule has 1 heterocycles. The van der Waals surface area contributed by atoms with Crippen molar-refractivity contribution in [1.29, 1.82) is 0 Å². The Kier molecular flexibility index (Phi) is 9.23. The van der Waals surface area contributed by atoms with Gasteiger partial charge in [-0.05, 0) is 6.07 Å². The quantitative estimate of drug-likeness (QED) is 0.582. The first-order chi connectivity index (χ1) is 9.74. The van der Waals surface area contributed by atoms with Crippen molar-refractivity contribution >= 4 is 0 Å². The lowest BCUT2D eigenvalue weighted by Gasteiger charge is -2.11. The van der Waals surface area contributed by atoms with E-state index in [1.165, 1.54) is 5.69 Å². The highest BCUT2D eigenvalue weighted by molar-refractivity contribution is 5.00. The molecule has 0 aliphatic carbocycles. The normalized spacial score (nSPS) is 11.4. The van der Waals surface area contributed by atoms with Crippen LogP contribution in [0, 0.1) is 0 Å². The largest absolute Gasteiger partial charge is 0.382 e. The van der Waals surface area contributed by atoms with Crippen LogP contribution in [0.15, 0.2) is 12.3 Å². The molecule has 0 fully saturated rings. The van der Waals surface area contributed by atoms with Gasteiger partial charge in [-0.1, -0.05) is 13.8 Å². The number of methoxy groups -OCH3 is 1. The number of hydrogen-bond donors (Lipinski definition) is 1. The van der Waals surface area contributed by atoms with Crippen molar-refractivity contribution in [2.24, 2.45) is 0 Å². The highest BCUT2D eigenvalue weighted by Crippen LogP contribution is 1.99. The van der Waals surface area contributed by atoms with Crippen LogP contribution >= 0.6 is 0 Å². The van der Waals surface area contributed by atoms with Gasteiger partial charge in [0.1, 0.15) is 0 Å². The second kappa shape index (κ2) is 10.8. The van der Waals surface area contributed by atoms with E-state index in [4.69, 9.17) is 14.2 Å². The SMILES string of the molecule is COCCOCCOCCn1nccc1CNC(C)C. The standard InChI is InChI=1S/C14H27N3O3/c1-13(2)15-12-14-4-5-16-17(14)6-7-19-10-11-20-9-8-18-3/h4-5,13,15H,6-12H2,1-3H3. The van der Waals surface area contributed by atoms with Crippen LogP contribution in [-0.2, 0) is 27.3 Å². The van der Waals surface area contributed by atoms with Gasteiger partial charge in [0.25, 0.3) is 0 Å². The van der Waals surface area contributed by atoms with Gasteiger partial charge in [-0.25, -0.2) is 0 Å². The third-order valence-electron chi connectivity index (χ3n) is 2.75. The van der Waals surface area contributed by atoms with Crippen molar-refractivity contribution in [3.8, 4) is 0 Å². The fourth-order valence-electron chi connectivity index (χ4n) is 1.64. The third-order valence-corrected chi connectivity index (χ3v) is 2.75. The van der Waals surface area contributed by atoms with Crippen molar-refractivity contribution in [3.05, 3.63) is 18.0 Å². The highest BCUT2D eigenvalue weighted by Gasteiger charge is 2.03. The van der Waals surface area contributed by atoms with Gasteiger partial charge < -0.3 is 19.5 Å². The Morgan fingerprint density at radius 2 is 1.85 bits per heavy atom. The zero-order valence-electron chi connectivity index (χ0n) is 12.8. The second-order valence-electron chi connectivity index (χ2n) is 4.80. The molecule has 0 bridgehead atoms. The Morgan fingerprint density at radius 1 is 1.15 bits per heavy atom. The van der Waals surface area contributed by atoms with E-state index in [9.17, 15) is 0 Å². The number of nitrogens with one attached hydrogen (secondary N) is 1. The first-order valence-electron chi connectivity index (χ1n) is 7.12. The molecule has 20 heavy (non-hydrogen) atoms. The molecule has 116 valence electrons. The summed E-state index contributed by atoms with van der Waals surface area (Å²) in [6, 6.07) is 2.50. The minimum atomic E-state index is 0.471. The molecule has 0 saturated heterocycles. The van der Waals surface area contributed by atoms with E-state index in [1.807, 2.05) is 16.9 Å². The van der Waals surface area contributed by atoms with Crippen molar-refractivity contribution in [2.75, 3.05) is 40.1 Å². The van der Waals surface area contributed by atoms with Gasteiger partial charge in [0.15, 0.2) is 0 Å².